The molecule has 1 fully saturated rings. The van der Waals surface area contributed by atoms with E-state index in [0.717, 1.165) is 18.0 Å². The number of rotatable bonds is 2. The Hall–Kier alpha value is -0.900. The van der Waals surface area contributed by atoms with E-state index in [-0.39, 0.29) is 0 Å². The monoisotopic (exact) mass is 184 g/mol. The van der Waals surface area contributed by atoms with E-state index in [4.69, 9.17) is 4.52 Å². The first-order valence-corrected chi connectivity index (χ1v) is 4.52. The second kappa shape index (κ2) is 3.46. The van der Waals surface area contributed by atoms with Crippen molar-refractivity contribution >= 4 is 0 Å². The van der Waals surface area contributed by atoms with E-state index in [1.807, 2.05) is 17.9 Å². The number of likely N-dealkylation sites (tertiary alicyclic amines) is 1. The zero-order valence-corrected chi connectivity index (χ0v) is 7.66. The van der Waals surface area contributed by atoms with Crippen LogP contribution in [0.4, 0.5) is 4.39 Å². The number of halogens is 1. The maximum Gasteiger partial charge on any atom is 0.150 e. The van der Waals surface area contributed by atoms with Crippen LogP contribution in [-0.4, -0.2) is 29.3 Å². The van der Waals surface area contributed by atoms with Gasteiger partial charge in [-0.15, -0.1) is 0 Å². The van der Waals surface area contributed by atoms with Crippen molar-refractivity contribution < 1.29 is 8.91 Å². The smallest absolute Gasteiger partial charge is 0.150 e. The summed E-state index contributed by atoms with van der Waals surface area (Å²) < 4.78 is 17.8. The van der Waals surface area contributed by atoms with Crippen molar-refractivity contribution in [2.45, 2.75) is 26.1 Å². The van der Waals surface area contributed by atoms with E-state index in [1.165, 1.54) is 0 Å². The molecule has 4 heteroatoms. The predicted octanol–water partition coefficient (Wildman–Crippen LogP) is 1.53. The third-order valence-corrected chi connectivity index (χ3v) is 2.27. The lowest BCUT2D eigenvalue weighted by atomic mass is 10.3. The van der Waals surface area contributed by atoms with Crippen LogP contribution in [0.3, 0.4) is 0 Å². The van der Waals surface area contributed by atoms with Gasteiger partial charge in [0.05, 0.1) is 12.2 Å². The third-order valence-electron chi connectivity index (χ3n) is 2.27. The first kappa shape index (κ1) is 8.69. The average molecular weight is 184 g/mol. The van der Waals surface area contributed by atoms with Crippen molar-refractivity contribution in [3.8, 4) is 0 Å². The summed E-state index contributed by atoms with van der Waals surface area (Å²) in [5, 5.41) is 3.78. The van der Waals surface area contributed by atoms with Gasteiger partial charge in [-0.05, 0) is 13.3 Å². The molecule has 0 spiro atoms. The number of hydrogen-bond acceptors (Lipinski definition) is 3. The lowest BCUT2D eigenvalue weighted by molar-refractivity contribution is 0.250. The molecule has 1 aliphatic heterocycles. The normalized spacial score (nSPS) is 24.0. The fraction of sp³-hybridized carbons (Fsp3) is 0.667. The lowest BCUT2D eigenvalue weighted by Crippen LogP contribution is -2.19. The van der Waals surface area contributed by atoms with Gasteiger partial charge < -0.3 is 4.52 Å². The summed E-state index contributed by atoms with van der Waals surface area (Å²) in [7, 11) is 0. The Bertz CT molecular complexity index is 287. The molecule has 3 nitrogen and oxygen atoms in total. The summed E-state index contributed by atoms with van der Waals surface area (Å²) in [4.78, 5) is 2.05. The molecule has 0 amide bonds. The van der Waals surface area contributed by atoms with Gasteiger partial charge in [0.1, 0.15) is 6.17 Å². The Kier molecular flexibility index (Phi) is 2.31. The quantitative estimate of drug-likeness (QED) is 0.698. The van der Waals surface area contributed by atoms with Crippen LogP contribution in [0.5, 0.6) is 0 Å². The molecule has 0 aromatic carbocycles. The van der Waals surface area contributed by atoms with Gasteiger partial charge in [-0.2, -0.15) is 0 Å². The summed E-state index contributed by atoms with van der Waals surface area (Å²) >= 11 is 0. The van der Waals surface area contributed by atoms with Gasteiger partial charge in [-0.3, -0.25) is 4.90 Å². The maximum atomic E-state index is 12.8. The van der Waals surface area contributed by atoms with Crippen LogP contribution in [0.15, 0.2) is 10.6 Å². The molecule has 0 radical (unpaired) electrons. The van der Waals surface area contributed by atoms with Crippen LogP contribution in [-0.2, 0) is 6.54 Å². The van der Waals surface area contributed by atoms with Gasteiger partial charge >= 0.3 is 0 Å². The molecule has 2 rings (SSSR count). The largest absolute Gasteiger partial charge is 0.360 e. The molecule has 1 aliphatic rings. The lowest BCUT2D eigenvalue weighted by Gasteiger charge is -2.10. The molecule has 72 valence electrons. The van der Waals surface area contributed by atoms with E-state index in [2.05, 4.69) is 5.16 Å². The van der Waals surface area contributed by atoms with Crippen molar-refractivity contribution in [2.75, 3.05) is 13.1 Å². The van der Waals surface area contributed by atoms with Crippen LogP contribution in [0.2, 0.25) is 0 Å². The number of nitrogens with zero attached hydrogens (tertiary/aromatic N) is 2. The molecule has 1 unspecified atom stereocenters. The van der Waals surface area contributed by atoms with Gasteiger partial charge in [0.15, 0.2) is 5.76 Å². The number of alkyl halides is 1. The minimum atomic E-state index is -0.663. The molecule has 1 atom stereocenters. The molecule has 2 heterocycles. The van der Waals surface area contributed by atoms with Crippen LogP contribution >= 0.6 is 0 Å². The Morgan fingerprint density at radius 1 is 1.77 bits per heavy atom. The molecule has 1 aromatic rings. The molecule has 0 bridgehead atoms. The van der Waals surface area contributed by atoms with Crippen molar-refractivity contribution in [2.24, 2.45) is 0 Å². The highest BCUT2D eigenvalue weighted by Gasteiger charge is 2.22. The van der Waals surface area contributed by atoms with E-state index >= 15 is 0 Å². The number of hydrogen-bond donors (Lipinski definition) is 0. The van der Waals surface area contributed by atoms with Gasteiger partial charge in [0.2, 0.25) is 0 Å². The Morgan fingerprint density at radius 3 is 3.15 bits per heavy atom. The number of aromatic nitrogens is 1. The minimum Gasteiger partial charge on any atom is -0.360 e. The Morgan fingerprint density at radius 2 is 2.62 bits per heavy atom. The fourth-order valence-electron chi connectivity index (χ4n) is 1.64. The van der Waals surface area contributed by atoms with Gasteiger partial charge in [-0.25, -0.2) is 4.39 Å². The van der Waals surface area contributed by atoms with Crippen molar-refractivity contribution in [1.29, 1.82) is 0 Å². The average Bonchev–Trinajstić information content (AvgIpc) is 2.62. The molecular formula is C9H13FN2O. The second-order valence-corrected chi connectivity index (χ2v) is 3.56. The van der Waals surface area contributed by atoms with Gasteiger partial charge in [0.25, 0.3) is 0 Å². The molecule has 0 aliphatic carbocycles. The summed E-state index contributed by atoms with van der Waals surface area (Å²) in [6, 6.07) is 1.89. The minimum absolute atomic E-state index is 0.528. The van der Waals surface area contributed by atoms with Crippen LogP contribution in [0.1, 0.15) is 17.9 Å². The predicted molar refractivity (Wildman–Crippen MR) is 46.0 cm³/mol. The summed E-state index contributed by atoms with van der Waals surface area (Å²) in [6.45, 7) is 3.91. The SMILES string of the molecule is Cc1cc(CN2CCC(F)C2)on1. The highest BCUT2D eigenvalue weighted by molar-refractivity contribution is 5.03. The standard InChI is InChI=1S/C9H13FN2O/c1-7-4-9(13-11-7)6-12-3-2-8(10)5-12/h4,8H,2-3,5-6H2,1H3. The summed E-state index contributed by atoms with van der Waals surface area (Å²) in [5.41, 5.74) is 0.881. The molecule has 0 saturated carbocycles. The van der Waals surface area contributed by atoms with E-state index in [1.54, 1.807) is 0 Å². The molecule has 1 saturated heterocycles. The maximum absolute atomic E-state index is 12.8. The van der Waals surface area contributed by atoms with E-state index < -0.39 is 6.17 Å². The fourth-order valence-corrected chi connectivity index (χ4v) is 1.64. The first-order chi connectivity index (χ1) is 6.24. The number of aryl methyl sites for hydroxylation is 1. The van der Waals surface area contributed by atoms with Crippen LogP contribution < -0.4 is 0 Å². The van der Waals surface area contributed by atoms with Crippen molar-refractivity contribution in [3.05, 3.63) is 17.5 Å². The van der Waals surface area contributed by atoms with Crippen molar-refractivity contribution in [1.82, 2.24) is 10.1 Å². The highest BCUT2D eigenvalue weighted by atomic mass is 19.1. The van der Waals surface area contributed by atoms with E-state index in [9.17, 15) is 4.39 Å². The zero-order valence-electron chi connectivity index (χ0n) is 7.66. The Balaban J connectivity index is 1.91. The van der Waals surface area contributed by atoms with Gasteiger partial charge in [-0.1, -0.05) is 5.16 Å². The van der Waals surface area contributed by atoms with Crippen LogP contribution in [0.25, 0.3) is 0 Å². The van der Waals surface area contributed by atoms with Gasteiger partial charge in [0, 0.05) is 19.2 Å². The third kappa shape index (κ3) is 2.06. The second-order valence-electron chi connectivity index (χ2n) is 3.56. The summed E-state index contributed by atoms with van der Waals surface area (Å²) in [6.07, 6.45) is -0.0170. The molecular weight excluding hydrogens is 171 g/mol. The highest BCUT2D eigenvalue weighted by Crippen LogP contribution is 2.15. The Labute approximate surface area is 76.5 Å². The van der Waals surface area contributed by atoms with Crippen LogP contribution in [0, 0.1) is 6.92 Å². The van der Waals surface area contributed by atoms with E-state index in [0.29, 0.717) is 19.5 Å². The molecule has 13 heavy (non-hydrogen) atoms. The first-order valence-electron chi connectivity index (χ1n) is 4.52. The van der Waals surface area contributed by atoms with Crippen molar-refractivity contribution in [3.63, 3.8) is 0 Å². The summed E-state index contributed by atoms with van der Waals surface area (Å²) in [5.74, 6) is 0.826. The molecule has 1 aromatic heterocycles. The topological polar surface area (TPSA) is 29.3 Å². The zero-order chi connectivity index (χ0) is 9.26. The molecule has 0 N–H and O–H groups in total.